The highest BCUT2D eigenvalue weighted by Gasteiger charge is 2.47. The summed E-state index contributed by atoms with van der Waals surface area (Å²) >= 11 is 6.31. The summed E-state index contributed by atoms with van der Waals surface area (Å²) < 4.78 is 30.7. The van der Waals surface area contributed by atoms with Gasteiger partial charge in [0.05, 0.1) is 24.7 Å². The van der Waals surface area contributed by atoms with E-state index < -0.39 is 47.4 Å². The standard InChI is InChI=1S/C32H42ClFN4O6/c1-7-8-9-10-19-13-18(2)14-25(19)44-31(41)37-26(32(3,4)5)29(39)38-17-21(16-24(38)30(40)42-6)43-28-27(33)35-22-12-11-20(34)15-23(22)36-28/h7,11-12,15,18-19,21,24-26H,1,8-10,13-14,16-17H2,2-6H3,(H,37,41)/t18-,19-,21-,24+,25-,26-/m1/s1. The number of hydrogen-bond donors (Lipinski definition) is 1. The molecule has 44 heavy (non-hydrogen) atoms. The van der Waals surface area contributed by atoms with E-state index in [1.165, 1.54) is 30.2 Å². The molecule has 2 aliphatic rings. The summed E-state index contributed by atoms with van der Waals surface area (Å²) in [5.41, 5.74) is -0.0882. The number of carbonyl (C=O) groups excluding carboxylic acids is 3. The number of benzene rings is 1. The van der Waals surface area contributed by atoms with Gasteiger partial charge in [-0.3, -0.25) is 4.79 Å². The van der Waals surface area contributed by atoms with Gasteiger partial charge in [-0.15, -0.1) is 6.58 Å². The molecule has 1 saturated heterocycles. The number of fused-ring (bicyclic) bond motifs is 1. The van der Waals surface area contributed by atoms with Crippen molar-refractivity contribution < 1.29 is 33.0 Å². The number of alkyl carbamates (subject to hydrolysis) is 1. The van der Waals surface area contributed by atoms with Crippen LogP contribution in [0.5, 0.6) is 5.88 Å². The van der Waals surface area contributed by atoms with E-state index in [1.807, 2.05) is 26.8 Å². The number of ether oxygens (including phenoxy) is 3. The number of methoxy groups -OCH3 is 1. The monoisotopic (exact) mass is 632 g/mol. The van der Waals surface area contributed by atoms with Gasteiger partial charge in [0.1, 0.15) is 30.1 Å². The number of nitrogens with zero attached hydrogens (tertiary/aromatic N) is 3. The molecule has 2 heterocycles. The Morgan fingerprint density at radius 1 is 1.20 bits per heavy atom. The van der Waals surface area contributed by atoms with Crippen molar-refractivity contribution in [2.24, 2.45) is 17.3 Å². The lowest BCUT2D eigenvalue weighted by molar-refractivity contribution is -0.152. The van der Waals surface area contributed by atoms with Gasteiger partial charge in [0.25, 0.3) is 5.88 Å². The highest BCUT2D eigenvalue weighted by atomic mass is 35.5. The van der Waals surface area contributed by atoms with Crippen LogP contribution in [0.25, 0.3) is 11.0 Å². The topological polar surface area (TPSA) is 120 Å². The van der Waals surface area contributed by atoms with E-state index in [1.54, 1.807) is 0 Å². The first-order valence-electron chi connectivity index (χ1n) is 15.1. The summed E-state index contributed by atoms with van der Waals surface area (Å²) in [7, 11) is 1.24. The smallest absolute Gasteiger partial charge is 0.408 e. The normalized spacial score (nSPS) is 24.2. The summed E-state index contributed by atoms with van der Waals surface area (Å²) in [5.74, 6) is -0.954. The van der Waals surface area contributed by atoms with E-state index in [0.717, 1.165) is 32.1 Å². The number of rotatable bonds is 10. The number of hydrogen-bond acceptors (Lipinski definition) is 8. The Morgan fingerprint density at radius 3 is 2.64 bits per heavy atom. The van der Waals surface area contributed by atoms with Crippen molar-refractivity contribution in [1.29, 1.82) is 0 Å². The molecule has 1 aromatic carbocycles. The molecular formula is C32H42ClFN4O6. The first-order valence-corrected chi connectivity index (χ1v) is 15.4. The second-order valence-electron chi connectivity index (χ2n) is 12.9. The zero-order valence-electron chi connectivity index (χ0n) is 26.0. The number of nitrogens with one attached hydrogen (secondary N) is 1. The van der Waals surface area contributed by atoms with Crippen molar-refractivity contribution in [1.82, 2.24) is 20.2 Å². The van der Waals surface area contributed by atoms with Crippen molar-refractivity contribution in [2.45, 2.75) is 90.5 Å². The molecular weight excluding hydrogens is 591 g/mol. The largest absolute Gasteiger partial charge is 0.470 e. The minimum absolute atomic E-state index is 0.00732. The zero-order chi connectivity index (χ0) is 32.2. The van der Waals surface area contributed by atoms with Gasteiger partial charge in [-0.2, -0.15) is 0 Å². The summed E-state index contributed by atoms with van der Waals surface area (Å²) in [5, 5.41) is 2.76. The van der Waals surface area contributed by atoms with Gasteiger partial charge in [0, 0.05) is 12.5 Å². The first kappa shape index (κ1) is 33.4. The van der Waals surface area contributed by atoms with Crippen molar-refractivity contribution >= 4 is 40.6 Å². The Labute approximate surface area is 262 Å². The first-order chi connectivity index (χ1) is 20.8. The van der Waals surface area contributed by atoms with Crippen molar-refractivity contribution in [3.63, 3.8) is 0 Å². The second kappa shape index (κ2) is 14.1. The Balaban J connectivity index is 1.49. The molecule has 0 bridgehead atoms. The van der Waals surface area contributed by atoms with E-state index in [2.05, 4.69) is 28.8 Å². The molecule has 1 aromatic heterocycles. The average Bonchev–Trinajstić information content (AvgIpc) is 3.53. The van der Waals surface area contributed by atoms with Crippen LogP contribution in [0.2, 0.25) is 5.15 Å². The number of esters is 1. The molecule has 2 fully saturated rings. The van der Waals surface area contributed by atoms with Gasteiger partial charge >= 0.3 is 12.1 Å². The maximum absolute atomic E-state index is 14.1. The maximum Gasteiger partial charge on any atom is 0.408 e. The molecule has 12 heteroatoms. The molecule has 0 unspecified atom stereocenters. The van der Waals surface area contributed by atoms with Crippen LogP contribution in [0.1, 0.15) is 66.2 Å². The van der Waals surface area contributed by atoms with Crippen LogP contribution in [0.4, 0.5) is 9.18 Å². The van der Waals surface area contributed by atoms with Crippen molar-refractivity contribution in [2.75, 3.05) is 13.7 Å². The second-order valence-corrected chi connectivity index (χ2v) is 13.3. The highest BCUT2D eigenvalue weighted by molar-refractivity contribution is 6.31. The third kappa shape index (κ3) is 7.97. The number of allylic oxidation sites excluding steroid dienone is 1. The SMILES string of the molecule is C=CCCC[C@@H]1C[C@@H](C)C[C@H]1OC(=O)N[C@H](C(=O)N1C[C@H](Oc2nc3cc(F)ccc3nc2Cl)C[C@H]1C(=O)OC)C(C)(C)C. The maximum atomic E-state index is 14.1. The molecule has 2 amide bonds. The number of amides is 2. The van der Waals surface area contributed by atoms with E-state index >= 15 is 0 Å². The van der Waals surface area contributed by atoms with Gasteiger partial charge in [0.2, 0.25) is 5.91 Å². The van der Waals surface area contributed by atoms with Crippen LogP contribution < -0.4 is 10.1 Å². The third-order valence-corrected chi connectivity index (χ3v) is 8.58. The van der Waals surface area contributed by atoms with Gasteiger partial charge in [0.15, 0.2) is 5.15 Å². The van der Waals surface area contributed by atoms with Gasteiger partial charge in [-0.1, -0.05) is 45.4 Å². The predicted molar refractivity (Wildman–Crippen MR) is 164 cm³/mol. The lowest BCUT2D eigenvalue weighted by atomic mass is 9.85. The predicted octanol–water partition coefficient (Wildman–Crippen LogP) is 5.86. The van der Waals surface area contributed by atoms with E-state index in [-0.39, 0.29) is 41.5 Å². The Kier molecular flexibility index (Phi) is 10.7. The summed E-state index contributed by atoms with van der Waals surface area (Å²) in [4.78, 5) is 50.0. The van der Waals surface area contributed by atoms with Crippen LogP contribution in [0, 0.1) is 23.1 Å². The summed E-state index contributed by atoms with van der Waals surface area (Å²) in [6, 6.07) is 1.93. The van der Waals surface area contributed by atoms with Crippen LogP contribution in [-0.4, -0.2) is 70.8 Å². The summed E-state index contributed by atoms with van der Waals surface area (Å²) in [6.07, 6.45) is 4.94. The molecule has 2 aromatic rings. The van der Waals surface area contributed by atoms with E-state index in [4.69, 9.17) is 25.8 Å². The van der Waals surface area contributed by atoms with Crippen molar-refractivity contribution in [3.05, 3.63) is 41.8 Å². The van der Waals surface area contributed by atoms with Crippen LogP contribution >= 0.6 is 11.6 Å². The minimum atomic E-state index is -1.01. The number of aromatic nitrogens is 2. The van der Waals surface area contributed by atoms with Crippen molar-refractivity contribution in [3.8, 4) is 5.88 Å². The fraction of sp³-hybridized carbons (Fsp3) is 0.594. The molecule has 1 N–H and O–H groups in total. The molecule has 6 atom stereocenters. The van der Waals surface area contributed by atoms with E-state index in [9.17, 15) is 18.8 Å². The number of likely N-dealkylation sites (tertiary alicyclic amines) is 1. The average molecular weight is 633 g/mol. The van der Waals surface area contributed by atoms with Gasteiger partial charge < -0.3 is 24.4 Å². The van der Waals surface area contributed by atoms with Crippen LogP contribution in [0.15, 0.2) is 30.9 Å². The molecule has 240 valence electrons. The fourth-order valence-corrected chi connectivity index (χ4v) is 6.32. The van der Waals surface area contributed by atoms with Crippen LogP contribution in [-0.2, 0) is 19.1 Å². The molecule has 0 spiro atoms. The minimum Gasteiger partial charge on any atom is -0.470 e. The van der Waals surface area contributed by atoms with E-state index in [0.29, 0.717) is 11.4 Å². The lowest BCUT2D eigenvalue weighted by Gasteiger charge is -2.35. The highest BCUT2D eigenvalue weighted by Crippen LogP contribution is 2.37. The van der Waals surface area contributed by atoms with Gasteiger partial charge in [-0.05, 0) is 61.5 Å². The molecule has 1 saturated carbocycles. The number of carbonyl (C=O) groups is 3. The molecule has 0 radical (unpaired) electrons. The van der Waals surface area contributed by atoms with Gasteiger partial charge in [-0.25, -0.2) is 23.9 Å². The molecule has 10 nitrogen and oxygen atoms in total. The lowest BCUT2D eigenvalue weighted by Crippen LogP contribution is -2.57. The fourth-order valence-electron chi connectivity index (χ4n) is 6.14. The summed E-state index contributed by atoms with van der Waals surface area (Å²) in [6.45, 7) is 11.4. The third-order valence-electron chi connectivity index (χ3n) is 8.33. The molecule has 4 rings (SSSR count). The van der Waals surface area contributed by atoms with Crippen LogP contribution in [0.3, 0.4) is 0 Å². The quantitative estimate of drug-likeness (QED) is 0.197. The Hall–Kier alpha value is -3.47. The number of halogens is 2. The molecule has 1 aliphatic heterocycles. The zero-order valence-corrected chi connectivity index (χ0v) is 26.7. The Bertz CT molecular complexity index is 1380. The Morgan fingerprint density at radius 2 is 1.95 bits per heavy atom. The molecule has 1 aliphatic carbocycles. The number of unbranched alkanes of at least 4 members (excludes halogenated alkanes) is 1.